The standard InChI is InChI=1S/C22H27N7O2/c1-14-11-20(29-22(27-14)25-13-26-29)23-7-8-24-21(30)17-5-6-19-18(12-17)15(2)16(3)28(19)9-10-31-4/h5-6,11-13,23H,7-10H2,1-4H3,(H,24,30). The van der Waals surface area contributed by atoms with Crippen LogP contribution in [0.3, 0.4) is 0 Å². The van der Waals surface area contributed by atoms with Gasteiger partial charge in [-0.05, 0) is 44.5 Å². The average molecular weight is 422 g/mol. The molecular weight excluding hydrogens is 394 g/mol. The molecule has 0 saturated carbocycles. The lowest BCUT2D eigenvalue weighted by Gasteiger charge is -2.10. The highest BCUT2D eigenvalue weighted by Crippen LogP contribution is 2.26. The molecule has 0 aliphatic carbocycles. The third-order valence-electron chi connectivity index (χ3n) is 5.52. The molecular formula is C22H27N7O2. The molecule has 0 aliphatic heterocycles. The Morgan fingerprint density at radius 3 is 2.81 bits per heavy atom. The van der Waals surface area contributed by atoms with Crippen molar-refractivity contribution in [2.45, 2.75) is 27.3 Å². The maximum Gasteiger partial charge on any atom is 0.254 e. The van der Waals surface area contributed by atoms with Crippen LogP contribution in [0.5, 0.6) is 0 Å². The fourth-order valence-electron chi connectivity index (χ4n) is 3.79. The van der Waals surface area contributed by atoms with Crippen molar-refractivity contribution in [2.75, 3.05) is 32.1 Å². The second-order valence-corrected chi connectivity index (χ2v) is 7.52. The van der Waals surface area contributed by atoms with Crippen LogP contribution in [-0.2, 0) is 11.3 Å². The van der Waals surface area contributed by atoms with Crippen LogP contribution in [0.25, 0.3) is 16.7 Å². The van der Waals surface area contributed by atoms with E-state index >= 15 is 0 Å². The van der Waals surface area contributed by atoms with E-state index in [1.54, 1.807) is 11.6 Å². The van der Waals surface area contributed by atoms with Crippen molar-refractivity contribution in [3.63, 3.8) is 0 Å². The lowest BCUT2D eigenvalue weighted by atomic mass is 10.1. The fraction of sp³-hybridized carbons (Fsp3) is 0.364. The van der Waals surface area contributed by atoms with Crippen molar-refractivity contribution in [1.82, 2.24) is 29.5 Å². The van der Waals surface area contributed by atoms with Gasteiger partial charge in [0.05, 0.1) is 6.61 Å². The predicted molar refractivity (Wildman–Crippen MR) is 120 cm³/mol. The summed E-state index contributed by atoms with van der Waals surface area (Å²) in [6.45, 7) is 8.56. The van der Waals surface area contributed by atoms with Crippen LogP contribution in [0, 0.1) is 20.8 Å². The van der Waals surface area contributed by atoms with E-state index in [0.29, 0.717) is 31.0 Å². The maximum absolute atomic E-state index is 12.7. The molecule has 4 rings (SSSR count). The highest BCUT2D eigenvalue weighted by molar-refractivity contribution is 5.99. The minimum absolute atomic E-state index is 0.0952. The molecule has 9 heteroatoms. The largest absolute Gasteiger partial charge is 0.383 e. The predicted octanol–water partition coefficient (Wildman–Crippen LogP) is 2.49. The van der Waals surface area contributed by atoms with E-state index < -0.39 is 0 Å². The molecule has 0 aliphatic rings. The second kappa shape index (κ2) is 8.73. The highest BCUT2D eigenvalue weighted by Gasteiger charge is 2.14. The van der Waals surface area contributed by atoms with E-state index in [4.69, 9.17) is 4.74 Å². The van der Waals surface area contributed by atoms with Crippen molar-refractivity contribution >= 4 is 28.4 Å². The van der Waals surface area contributed by atoms with Gasteiger partial charge in [0.25, 0.3) is 11.7 Å². The van der Waals surface area contributed by atoms with Gasteiger partial charge in [-0.25, -0.2) is 4.98 Å². The lowest BCUT2D eigenvalue weighted by molar-refractivity contribution is 0.0955. The normalized spacial score (nSPS) is 11.4. The number of carbonyl (C=O) groups is 1. The van der Waals surface area contributed by atoms with E-state index in [9.17, 15) is 4.79 Å². The monoisotopic (exact) mass is 421 g/mol. The number of aryl methyl sites for hydroxylation is 2. The van der Waals surface area contributed by atoms with Gasteiger partial charge in [-0.1, -0.05) is 0 Å². The van der Waals surface area contributed by atoms with Crippen LogP contribution in [-0.4, -0.2) is 56.9 Å². The maximum atomic E-state index is 12.7. The van der Waals surface area contributed by atoms with E-state index in [2.05, 4.69) is 44.1 Å². The van der Waals surface area contributed by atoms with Gasteiger partial charge in [0.2, 0.25) is 0 Å². The lowest BCUT2D eigenvalue weighted by Crippen LogP contribution is -2.29. The van der Waals surface area contributed by atoms with Gasteiger partial charge in [0.1, 0.15) is 12.1 Å². The van der Waals surface area contributed by atoms with Crippen LogP contribution >= 0.6 is 0 Å². The van der Waals surface area contributed by atoms with Gasteiger partial charge >= 0.3 is 0 Å². The molecule has 4 aromatic rings. The quantitative estimate of drug-likeness (QED) is 0.424. The minimum atomic E-state index is -0.0952. The van der Waals surface area contributed by atoms with E-state index in [1.165, 1.54) is 17.6 Å². The molecule has 3 aromatic heterocycles. The van der Waals surface area contributed by atoms with Gasteiger partial charge in [-0.2, -0.15) is 14.6 Å². The Hall–Kier alpha value is -3.46. The number of nitrogens with zero attached hydrogens (tertiary/aromatic N) is 5. The smallest absolute Gasteiger partial charge is 0.254 e. The van der Waals surface area contributed by atoms with Crippen molar-refractivity contribution in [3.8, 4) is 0 Å². The zero-order chi connectivity index (χ0) is 22.0. The van der Waals surface area contributed by atoms with Crippen LogP contribution in [0.4, 0.5) is 5.82 Å². The third-order valence-corrected chi connectivity index (χ3v) is 5.52. The number of methoxy groups -OCH3 is 1. The van der Waals surface area contributed by atoms with Crippen molar-refractivity contribution in [2.24, 2.45) is 0 Å². The summed E-state index contributed by atoms with van der Waals surface area (Å²) in [5.74, 6) is 1.24. The Morgan fingerprint density at radius 2 is 2.00 bits per heavy atom. The van der Waals surface area contributed by atoms with Crippen molar-refractivity contribution in [3.05, 3.63) is 53.1 Å². The van der Waals surface area contributed by atoms with Gasteiger partial charge < -0.3 is 19.9 Å². The van der Waals surface area contributed by atoms with Crippen LogP contribution in [0.15, 0.2) is 30.6 Å². The first-order chi connectivity index (χ1) is 15.0. The summed E-state index contributed by atoms with van der Waals surface area (Å²) in [6, 6.07) is 7.75. The molecule has 1 aromatic carbocycles. The van der Waals surface area contributed by atoms with Gasteiger partial charge in [0, 0.05) is 60.7 Å². The molecule has 0 radical (unpaired) electrons. The number of hydrogen-bond donors (Lipinski definition) is 2. The Morgan fingerprint density at radius 1 is 1.16 bits per heavy atom. The van der Waals surface area contributed by atoms with Gasteiger partial charge in [-0.3, -0.25) is 4.79 Å². The zero-order valence-electron chi connectivity index (χ0n) is 18.3. The van der Waals surface area contributed by atoms with E-state index in [0.717, 1.165) is 29.0 Å². The summed E-state index contributed by atoms with van der Waals surface area (Å²) >= 11 is 0. The second-order valence-electron chi connectivity index (χ2n) is 7.52. The molecule has 9 nitrogen and oxygen atoms in total. The van der Waals surface area contributed by atoms with Crippen molar-refractivity contribution < 1.29 is 9.53 Å². The fourth-order valence-corrected chi connectivity index (χ4v) is 3.79. The summed E-state index contributed by atoms with van der Waals surface area (Å²) in [5, 5.41) is 11.5. The summed E-state index contributed by atoms with van der Waals surface area (Å²) < 4.78 is 9.11. The molecule has 162 valence electrons. The number of carbonyl (C=O) groups excluding carboxylic acids is 1. The number of fused-ring (bicyclic) bond motifs is 2. The number of aromatic nitrogens is 5. The first-order valence-corrected chi connectivity index (χ1v) is 10.3. The molecule has 0 atom stereocenters. The summed E-state index contributed by atoms with van der Waals surface area (Å²) in [7, 11) is 1.70. The molecule has 2 N–H and O–H groups in total. The number of benzene rings is 1. The Labute approximate surface area is 180 Å². The Balaban J connectivity index is 1.41. The summed E-state index contributed by atoms with van der Waals surface area (Å²) in [5.41, 5.74) is 5.00. The van der Waals surface area contributed by atoms with Crippen LogP contribution in [0.2, 0.25) is 0 Å². The number of amides is 1. The minimum Gasteiger partial charge on any atom is -0.383 e. The number of rotatable bonds is 8. The van der Waals surface area contributed by atoms with Crippen molar-refractivity contribution in [1.29, 1.82) is 0 Å². The Kier molecular flexibility index (Phi) is 5.85. The number of ether oxygens (including phenoxy) is 1. The number of hydrogen-bond acceptors (Lipinski definition) is 6. The number of anilines is 1. The Bertz CT molecular complexity index is 1240. The number of nitrogens with one attached hydrogen (secondary N) is 2. The van der Waals surface area contributed by atoms with E-state index in [-0.39, 0.29) is 5.91 Å². The summed E-state index contributed by atoms with van der Waals surface area (Å²) in [6.07, 6.45) is 1.47. The molecule has 0 saturated heterocycles. The molecule has 31 heavy (non-hydrogen) atoms. The van der Waals surface area contributed by atoms with Gasteiger partial charge in [-0.15, -0.1) is 0 Å². The molecule has 0 spiro atoms. The molecule has 1 amide bonds. The summed E-state index contributed by atoms with van der Waals surface area (Å²) in [4.78, 5) is 21.1. The molecule has 0 fully saturated rings. The van der Waals surface area contributed by atoms with Gasteiger partial charge in [0.15, 0.2) is 0 Å². The van der Waals surface area contributed by atoms with Crippen LogP contribution < -0.4 is 10.6 Å². The highest BCUT2D eigenvalue weighted by atomic mass is 16.5. The van der Waals surface area contributed by atoms with Crippen LogP contribution in [0.1, 0.15) is 27.3 Å². The van der Waals surface area contributed by atoms with E-state index in [1.807, 2.05) is 31.2 Å². The third kappa shape index (κ3) is 4.09. The average Bonchev–Trinajstić information content (AvgIpc) is 3.32. The zero-order valence-corrected chi connectivity index (χ0v) is 18.3. The molecule has 0 unspecified atom stereocenters. The molecule has 0 bridgehead atoms. The first-order valence-electron chi connectivity index (χ1n) is 10.3. The molecule has 3 heterocycles. The topological polar surface area (TPSA) is 98.4 Å². The SMILES string of the molecule is COCCn1c(C)c(C)c2cc(C(=O)NCCNc3cc(C)nc4ncnn34)ccc21. The first kappa shape index (κ1) is 20.8.